The maximum atomic E-state index is 13.8. The Morgan fingerprint density at radius 2 is 1.86 bits per heavy atom. The molecular formula is C26H26FN5O3. The highest BCUT2D eigenvalue weighted by atomic mass is 19.1. The summed E-state index contributed by atoms with van der Waals surface area (Å²) < 4.78 is 20.6. The number of amides is 2. The average molecular weight is 476 g/mol. The van der Waals surface area contributed by atoms with Crippen LogP contribution in [0.15, 0.2) is 71.3 Å². The average Bonchev–Trinajstić information content (AvgIpc) is 3.65. The first kappa shape index (κ1) is 22.8. The molecule has 180 valence electrons. The van der Waals surface area contributed by atoms with Crippen molar-refractivity contribution < 1.29 is 18.4 Å². The number of nitrogens with one attached hydrogen (secondary N) is 1. The first-order valence-electron chi connectivity index (χ1n) is 11.7. The van der Waals surface area contributed by atoms with Crippen molar-refractivity contribution in [3.8, 4) is 0 Å². The third-order valence-corrected chi connectivity index (χ3v) is 6.44. The zero-order valence-corrected chi connectivity index (χ0v) is 19.1. The van der Waals surface area contributed by atoms with E-state index < -0.39 is 11.9 Å². The summed E-state index contributed by atoms with van der Waals surface area (Å²) in [5.74, 6) is -0.396. The molecule has 35 heavy (non-hydrogen) atoms. The predicted molar refractivity (Wildman–Crippen MR) is 126 cm³/mol. The number of carbonyl (C=O) groups is 2. The van der Waals surface area contributed by atoms with E-state index in [-0.39, 0.29) is 30.9 Å². The smallest absolute Gasteiger partial charge is 0.247 e. The Bertz CT molecular complexity index is 1300. The first-order chi connectivity index (χ1) is 17.1. The van der Waals surface area contributed by atoms with Crippen molar-refractivity contribution in [3.63, 3.8) is 0 Å². The van der Waals surface area contributed by atoms with Crippen LogP contribution in [-0.4, -0.2) is 37.7 Å². The van der Waals surface area contributed by atoms with Crippen LogP contribution in [0.1, 0.15) is 43.0 Å². The van der Waals surface area contributed by atoms with Gasteiger partial charge in [0.15, 0.2) is 0 Å². The van der Waals surface area contributed by atoms with Crippen LogP contribution in [-0.2, 0) is 22.7 Å². The van der Waals surface area contributed by atoms with Gasteiger partial charge in [0.05, 0.1) is 18.3 Å². The number of hydrogen-bond donors (Lipinski definition) is 1. The van der Waals surface area contributed by atoms with E-state index in [9.17, 15) is 14.0 Å². The van der Waals surface area contributed by atoms with E-state index in [2.05, 4.69) is 15.6 Å². The Labute approximate surface area is 201 Å². The van der Waals surface area contributed by atoms with Gasteiger partial charge in [-0.3, -0.25) is 9.59 Å². The number of rotatable bonds is 8. The van der Waals surface area contributed by atoms with Crippen LogP contribution < -0.4 is 5.32 Å². The summed E-state index contributed by atoms with van der Waals surface area (Å²) in [6.45, 7) is 0.129. The van der Waals surface area contributed by atoms with Crippen LogP contribution in [0.25, 0.3) is 11.0 Å². The second-order valence-corrected chi connectivity index (χ2v) is 8.73. The second-order valence-electron chi connectivity index (χ2n) is 8.73. The first-order valence-corrected chi connectivity index (χ1v) is 11.7. The summed E-state index contributed by atoms with van der Waals surface area (Å²) in [6, 6.07) is 15.6. The van der Waals surface area contributed by atoms with Gasteiger partial charge >= 0.3 is 0 Å². The van der Waals surface area contributed by atoms with Crippen molar-refractivity contribution in [2.75, 3.05) is 0 Å². The molecule has 0 radical (unpaired) electrons. The highest BCUT2D eigenvalue weighted by Gasteiger charge is 2.37. The number of halogens is 1. The monoisotopic (exact) mass is 475 g/mol. The quantitative estimate of drug-likeness (QED) is 0.416. The molecular weight excluding hydrogens is 449 g/mol. The minimum Gasteiger partial charge on any atom is -0.467 e. The standard InChI is InChI=1S/C26H26FN5O3/c27-19-13-11-18(12-14-19)25(26(34)28-16-21-8-5-15-35-21)32(20-6-1-2-7-20)24(33)17-31-23-10-4-3-9-22(23)29-30-31/h3-5,8-15,20,25H,1-2,6-7,16-17H2,(H,28,34)/t25-/m0/s1. The number of benzene rings is 2. The molecule has 5 rings (SSSR count). The lowest BCUT2D eigenvalue weighted by atomic mass is 10.0. The third-order valence-electron chi connectivity index (χ3n) is 6.44. The Kier molecular flexibility index (Phi) is 6.56. The van der Waals surface area contributed by atoms with Crippen molar-refractivity contribution in [3.05, 3.63) is 84.1 Å². The van der Waals surface area contributed by atoms with Crippen LogP contribution in [0.2, 0.25) is 0 Å². The highest BCUT2D eigenvalue weighted by molar-refractivity contribution is 5.89. The second kappa shape index (κ2) is 10.1. The molecule has 0 bridgehead atoms. The molecule has 1 N–H and O–H groups in total. The number of hydrogen-bond acceptors (Lipinski definition) is 5. The van der Waals surface area contributed by atoms with Gasteiger partial charge in [-0.15, -0.1) is 5.10 Å². The van der Waals surface area contributed by atoms with Crippen molar-refractivity contribution in [2.24, 2.45) is 0 Å². The molecule has 4 aromatic rings. The van der Waals surface area contributed by atoms with E-state index in [4.69, 9.17) is 4.42 Å². The van der Waals surface area contributed by atoms with E-state index in [0.717, 1.165) is 31.2 Å². The molecule has 1 aliphatic rings. The summed E-state index contributed by atoms with van der Waals surface area (Å²) in [7, 11) is 0. The fourth-order valence-corrected chi connectivity index (χ4v) is 4.75. The molecule has 1 aliphatic carbocycles. The molecule has 0 spiro atoms. The maximum absolute atomic E-state index is 13.8. The number of carbonyl (C=O) groups excluding carboxylic acids is 2. The molecule has 9 heteroatoms. The van der Waals surface area contributed by atoms with Crippen LogP contribution in [0.4, 0.5) is 4.39 Å². The van der Waals surface area contributed by atoms with E-state index in [1.54, 1.807) is 33.8 Å². The Balaban J connectivity index is 1.48. The summed E-state index contributed by atoms with van der Waals surface area (Å²) >= 11 is 0. The molecule has 2 amide bonds. The SMILES string of the molecule is O=C(NCc1ccco1)[C@H](c1ccc(F)cc1)N(C(=O)Cn1nnc2ccccc21)C1CCCC1. The van der Waals surface area contributed by atoms with Crippen molar-refractivity contribution in [2.45, 2.75) is 50.9 Å². The van der Waals surface area contributed by atoms with E-state index >= 15 is 0 Å². The summed E-state index contributed by atoms with van der Waals surface area (Å²) in [4.78, 5) is 29.1. The van der Waals surface area contributed by atoms with E-state index in [0.29, 0.717) is 16.8 Å². The van der Waals surface area contributed by atoms with Gasteiger partial charge in [-0.1, -0.05) is 42.3 Å². The summed E-state index contributed by atoms with van der Waals surface area (Å²) in [6.07, 6.45) is 5.09. The summed E-state index contributed by atoms with van der Waals surface area (Å²) in [5, 5.41) is 11.2. The van der Waals surface area contributed by atoms with Gasteiger partial charge in [-0.25, -0.2) is 9.07 Å². The number of furan rings is 1. The number of nitrogens with zero attached hydrogens (tertiary/aromatic N) is 4. The third kappa shape index (κ3) is 4.94. The zero-order chi connectivity index (χ0) is 24.2. The van der Waals surface area contributed by atoms with Gasteiger partial charge in [0, 0.05) is 6.04 Å². The molecule has 1 fully saturated rings. The van der Waals surface area contributed by atoms with E-state index in [1.165, 1.54) is 18.4 Å². The molecule has 8 nitrogen and oxygen atoms in total. The minimum atomic E-state index is -0.920. The fraction of sp³-hybridized carbons (Fsp3) is 0.308. The van der Waals surface area contributed by atoms with Crippen LogP contribution >= 0.6 is 0 Å². The van der Waals surface area contributed by atoms with Crippen LogP contribution in [0, 0.1) is 5.82 Å². The number of aromatic nitrogens is 3. The van der Waals surface area contributed by atoms with Gasteiger partial charge in [0.25, 0.3) is 0 Å². The summed E-state index contributed by atoms with van der Waals surface area (Å²) in [5.41, 5.74) is 1.99. The molecule has 0 aliphatic heterocycles. The largest absolute Gasteiger partial charge is 0.467 e. The molecule has 2 aromatic carbocycles. The molecule has 2 aromatic heterocycles. The Hall–Kier alpha value is -4.01. The van der Waals surface area contributed by atoms with Gasteiger partial charge < -0.3 is 14.6 Å². The van der Waals surface area contributed by atoms with Gasteiger partial charge in [-0.2, -0.15) is 0 Å². The minimum absolute atomic E-state index is 0.0554. The van der Waals surface area contributed by atoms with Crippen molar-refractivity contribution in [1.82, 2.24) is 25.2 Å². The van der Waals surface area contributed by atoms with Crippen molar-refractivity contribution >= 4 is 22.8 Å². The number of para-hydroxylation sites is 1. The zero-order valence-electron chi connectivity index (χ0n) is 19.1. The lowest BCUT2D eigenvalue weighted by Gasteiger charge is -2.36. The maximum Gasteiger partial charge on any atom is 0.247 e. The molecule has 0 unspecified atom stereocenters. The van der Waals surface area contributed by atoms with Crippen LogP contribution in [0.3, 0.4) is 0 Å². The molecule has 2 heterocycles. The predicted octanol–water partition coefficient (Wildman–Crippen LogP) is 3.99. The van der Waals surface area contributed by atoms with E-state index in [1.807, 2.05) is 24.3 Å². The van der Waals surface area contributed by atoms with Gasteiger partial charge in [0.1, 0.15) is 29.7 Å². The normalized spacial score (nSPS) is 14.8. The van der Waals surface area contributed by atoms with Gasteiger partial charge in [-0.05, 0) is 54.8 Å². The number of fused-ring (bicyclic) bond motifs is 1. The molecule has 1 saturated carbocycles. The molecule has 0 saturated heterocycles. The lowest BCUT2D eigenvalue weighted by Crippen LogP contribution is -2.49. The topological polar surface area (TPSA) is 93.3 Å². The molecule has 1 atom stereocenters. The Morgan fingerprint density at radius 1 is 1.09 bits per heavy atom. The van der Waals surface area contributed by atoms with Crippen molar-refractivity contribution in [1.29, 1.82) is 0 Å². The Morgan fingerprint density at radius 3 is 2.60 bits per heavy atom. The highest BCUT2D eigenvalue weighted by Crippen LogP contribution is 2.32. The fourth-order valence-electron chi connectivity index (χ4n) is 4.75. The lowest BCUT2D eigenvalue weighted by molar-refractivity contribution is -0.144. The van der Waals surface area contributed by atoms with Gasteiger partial charge in [0.2, 0.25) is 11.8 Å². The van der Waals surface area contributed by atoms with Crippen LogP contribution in [0.5, 0.6) is 0 Å².